The minimum absolute atomic E-state index is 0.0462. The zero-order chi connectivity index (χ0) is 25.3. The fourth-order valence-corrected chi connectivity index (χ4v) is 4.34. The van der Waals surface area contributed by atoms with E-state index in [0.717, 1.165) is 16.8 Å². The van der Waals surface area contributed by atoms with E-state index < -0.39 is 17.7 Å². The van der Waals surface area contributed by atoms with Crippen LogP contribution in [-0.4, -0.2) is 37.0 Å². The molecule has 1 heterocycles. The third-order valence-corrected chi connectivity index (χ3v) is 6.05. The first-order valence-corrected chi connectivity index (χ1v) is 11.6. The van der Waals surface area contributed by atoms with Gasteiger partial charge in [-0.05, 0) is 68.3 Å². The monoisotopic (exact) mass is 470 g/mol. The second-order valence-corrected chi connectivity index (χ2v) is 9.13. The summed E-state index contributed by atoms with van der Waals surface area (Å²) in [5.74, 6) is -1.04. The zero-order valence-electron chi connectivity index (χ0n) is 20.6. The second-order valence-electron chi connectivity index (χ2n) is 9.13. The molecule has 1 aliphatic rings. The number of Topliss-reactive ketones (excluding diaryl/α,β-unsaturated/α-hetero) is 1. The maximum absolute atomic E-state index is 13.4. The number of ketones is 1. The number of anilines is 2. The van der Waals surface area contributed by atoms with Crippen LogP contribution in [0.1, 0.15) is 36.6 Å². The van der Waals surface area contributed by atoms with E-state index in [1.807, 2.05) is 88.3 Å². The molecule has 1 amide bonds. The number of aliphatic hydroxyl groups excluding tert-OH is 1. The number of rotatable bonds is 6. The van der Waals surface area contributed by atoms with E-state index in [2.05, 4.69) is 0 Å². The minimum atomic E-state index is -0.768. The van der Waals surface area contributed by atoms with Crippen molar-refractivity contribution in [2.75, 3.05) is 23.9 Å². The van der Waals surface area contributed by atoms with Crippen molar-refractivity contribution in [2.45, 2.75) is 32.9 Å². The number of amides is 1. The molecule has 180 valence electrons. The van der Waals surface area contributed by atoms with Gasteiger partial charge >= 0.3 is 0 Å². The van der Waals surface area contributed by atoms with Crippen LogP contribution in [0.15, 0.2) is 78.4 Å². The lowest BCUT2D eigenvalue weighted by Gasteiger charge is -2.27. The maximum atomic E-state index is 13.4. The van der Waals surface area contributed by atoms with Gasteiger partial charge in [0.25, 0.3) is 11.7 Å². The SMILES string of the molecule is Cc1ccccc1C1/C(=C(\O)c2cccc(OC(C)C)c2)C(=O)C(=O)N1c1ccc(N(C)C)cc1. The van der Waals surface area contributed by atoms with Gasteiger partial charge in [-0.1, -0.05) is 36.4 Å². The smallest absolute Gasteiger partial charge is 0.300 e. The number of benzene rings is 3. The van der Waals surface area contributed by atoms with Crippen molar-refractivity contribution in [1.29, 1.82) is 0 Å². The average Bonchev–Trinajstić information content (AvgIpc) is 3.09. The molecule has 1 N–H and O–H groups in total. The van der Waals surface area contributed by atoms with Crippen LogP contribution in [0.5, 0.6) is 5.75 Å². The highest BCUT2D eigenvalue weighted by Gasteiger charge is 2.47. The van der Waals surface area contributed by atoms with Crippen LogP contribution in [-0.2, 0) is 9.59 Å². The van der Waals surface area contributed by atoms with Gasteiger partial charge in [-0.3, -0.25) is 14.5 Å². The Morgan fingerprint density at radius 2 is 1.66 bits per heavy atom. The van der Waals surface area contributed by atoms with Crippen LogP contribution < -0.4 is 14.5 Å². The quantitative estimate of drug-likeness (QED) is 0.294. The van der Waals surface area contributed by atoms with Gasteiger partial charge in [-0.15, -0.1) is 0 Å². The third kappa shape index (κ3) is 4.64. The van der Waals surface area contributed by atoms with Crippen LogP contribution in [0.4, 0.5) is 11.4 Å². The van der Waals surface area contributed by atoms with E-state index in [9.17, 15) is 14.7 Å². The van der Waals surface area contributed by atoms with Crippen molar-refractivity contribution in [1.82, 2.24) is 0 Å². The number of hydrogen-bond donors (Lipinski definition) is 1. The van der Waals surface area contributed by atoms with Crippen LogP contribution in [0.2, 0.25) is 0 Å². The first kappa shape index (κ1) is 24.1. The molecule has 0 saturated carbocycles. The summed E-state index contributed by atoms with van der Waals surface area (Å²) in [5.41, 5.74) is 3.73. The number of aryl methyl sites for hydroxylation is 1. The molecule has 1 fully saturated rings. The molecule has 1 atom stereocenters. The molecule has 1 aliphatic heterocycles. The van der Waals surface area contributed by atoms with Crippen molar-refractivity contribution >= 4 is 28.8 Å². The molecule has 1 unspecified atom stereocenters. The standard InChI is InChI=1S/C29H30N2O4/c1-18(2)35-23-11-8-10-20(17-23)27(32)25-26(24-12-7-6-9-19(24)3)31(29(34)28(25)33)22-15-13-21(14-16-22)30(4)5/h6-18,26,32H,1-5H3/b27-25+. The van der Waals surface area contributed by atoms with Gasteiger partial charge in [0.15, 0.2) is 0 Å². The lowest BCUT2D eigenvalue weighted by molar-refractivity contribution is -0.132. The largest absolute Gasteiger partial charge is 0.507 e. The van der Waals surface area contributed by atoms with Crippen molar-refractivity contribution in [3.8, 4) is 5.75 Å². The summed E-state index contributed by atoms with van der Waals surface area (Å²) in [6, 6.07) is 21.2. The van der Waals surface area contributed by atoms with E-state index >= 15 is 0 Å². The van der Waals surface area contributed by atoms with Crippen molar-refractivity contribution in [3.63, 3.8) is 0 Å². The van der Waals surface area contributed by atoms with Gasteiger partial charge in [0.05, 0.1) is 17.7 Å². The van der Waals surface area contributed by atoms with E-state index in [0.29, 0.717) is 17.0 Å². The molecule has 0 radical (unpaired) electrons. The van der Waals surface area contributed by atoms with Gasteiger partial charge in [-0.25, -0.2) is 0 Å². The molecule has 0 aromatic heterocycles. The number of ether oxygens (including phenoxy) is 1. The topological polar surface area (TPSA) is 70.1 Å². The van der Waals surface area contributed by atoms with Gasteiger partial charge < -0.3 is 14.7 Å². The van der Waals surface area contributed by atoms with E-state index in [-0.39, 0.29) is 17.4 Å². The lowest BCUT2D eigenvalue weighted by atomic mass is 9.92. The highest BCUT2D eigenvalue weighted by molar-refractivity contribution is 6.51. The highest BCUT2D eigenvalue weighted by atomic mass is 16.5. The Morgan fingerprint density at radius 3 is 2.29 bits per heavy atom. The molecular formula is C29H30N2O4. The van der Waals surface area contributed by atoms with Gasteiger partial charge in [0, 0.05) is 31.0 Å². The maximum Gasteiger partial charge on any atom is 0.300 e. The Labute approximate surface area is 206 Å². The number of carbonyl (C=O) groups is 2. The van der Waals surface area contributed by atoms with E-state index in [1.165, 1.54) is 4.90 Å². The Balaban J connectivity index is 1.90. The number of nitrogens with zero attached hydrogens (tertiary/aromatic N) is 2. The predicted octanol–water partition coefficient (Wildman–Crippen LogP) is 5.47. The normalized spacial score (nSPS) is 17.2. The summed E-state index contributed by atoms with van der Waals surface area (Å²) >= 11 is 0. The Morgan fingerprint density at radius 1 is 0.971 bits per heavy atom. The molecular weight excluding hydrogens is 440 g/mol. The number of hydrogen-bond acceptors (Lipinski definition) is 5. The molecule has 1 saturated heterocycles. The predicted molar refractivity (Wildman–Crippen MR) is 139 cm³/mol. The Hall–Kier alpha value is -4.06. The Bertz CT molecular complexity index is 1290. The van der Waals surface area contributed by atoms with Gasteiger partial charge in [-0.2, -0.15) is 0 Å². The summed E-state index contributed by atoms with van der Waals surface area (Å²) in [5, 5.41) is 11.4. The van der Waals surface area contributed by atoms with Crippen molar-refractivity contribution < 1.29 is 19.4 Å². The Kier molecular flexibility index (Phi) is 6.65. The average molecular weight is 471 g/mol. The third-order valence-electron chi connectivity index (χ3n) is 6.05. The number of carbonyl (C=O) groups excluding carboxylic acids is 2. The summed E-state index contributed by atoms with van der Waals surface area (Å²) < 4.78 is 5.77. The summed E-state index contributed by atoms with van der Waals surface area (Å²) in [4.78, 5) is 30.2. The molecule has 3 aromatic rings. The molecule has 0 spiro atoms. The molecule has 6 heteroatoms. The first-order valence-electron chi connectivity index (χ1n) is 11.6. The molecule has 4 rings (SSSR count). The van der Waals surface area contributed by atoms with Crippen molar-refractivity contribution in [3.05, 3.63) is 95.1 Å². The molecule has 0 aliphatic carbocycles. The number of aliphatic hydroxyl groups is 1. The van der Waals surface area contributed by atoms with E-state index in [4.69, 9.17) is 4.74 Å². The molecule has 3 aromatic carbocycles. The summed E-state index contributed by atoms with van der Waals surface area (Å²) in [6.07, 6.45) is -0.0462. The molecule has 6 nitrogen and oxygen atoms in total. The summed E-state index contributed by atoms with van der Waals surface area (Å²) in [6.45, 7) is 5.76. The van der Waals surface area contributed by atoms with Crippen LogP contribution in [0.3, 0.4) is 0 Å². The van der Waals surface area contributed by atoms with Crippen LogP contribution >= 0.6 is 0 Å². The minimum Gasteiger partial charge on any atom is -0.507 e. The fraction of sp³-hybridized carbons (Fsp3) is 0.241. The zero-order valence-corrected chi connectivity index (χ0v) is 20.6. The van der Waals surface area contributed by atoms with Gasteiger partial charge in [0.2, 0.25) is 0 Å². The first-order chi connectivity index (χ1) is 16.7. The van der Waals surface area contributed by atoms with Crippen LogP contribution in [0.25, 0.3) is 5.76 Å². The highest BCUT2D eigenvalue weighted by Crippen LogP contribution is 2.43. The van der Waals surface area contributed by atoms with Crippen LogP contribution in [0, 0.1) is 6.92 Å². The van der Waals surface area contributed by atoms with Gasteiger partial charge in [0.1, 0.15) is 11.5 Å². The van der Waals surface area contributed by atoms with E-state index in [1.54, 1.807) is 24.3 Å². The summed E-state index contributed by atoms with van der Waals surface area (Å²) in [7, 11) is 3.87. The second kappa shape index (κ2) is 9.66. The molecule has 0 bridgehead atoms. The van der Waals surface area contributed by atoms with Crippen molar-refractivity contribution in [2.24, 2.45) is 0 Å². The molecule has 35 heavy (non-hydrogen) atoms. The lowest BCUT2D eigenvalue weighted by Crippen LogP contribution is -2.29. The fourth-order valence-electron chi connectivity index (χ4n) is 4.34.